The highest BCUT2D eigenvalue weighted by Gasteiger charge is 2.17. The predicted octanol–water partition coefficient (Wildman–Crippen LogP) is 3.18. The molecule has 1 aromatic heterocycles. The first-order chi connectivity index (χ1) is 12.6. The zero-order valence-electron chi connectivity index (χ0n) is 15.9. The number of carbonyl (C=O) groups is 1. The Balaban J connectivity index is 1.69. The molecule has 1 aromatic carbocycles. The molecule has 1 aliphatic heterocycles. The van der Waals surface area contributed by atoms with Gasteiger partial charge in [0.1, 0.15) is 17.2 Å². The molecule has 0 radical (unpaired) electrons. The van der Waals surface area contributed by atoms with E-state index in [1.165, 1.54) is 25.7 Å². The minimum Gasteiger partial charge on any atom is -0.497 e. The highest BCUT2D eigenvalue weighted by Crippen LogP contribution is 2.31. The summed E-state index contributed by atoms with van der Waals surface area (Å²) in [7, 11) is 3.23. The van der Waals surface area contributed by atoms with E-state index in [9.17, 15) is 4.79 Å². The lowest BCUT2D eigenvalue weighted by atomic mass is 10.2. The van der Waals surface area contributed by atoms with Crippen LogP contribution < -0.4 is 14.8 Å². The first kappa shape index (κ1) is 18.6. The van der Waals surface area contributed by atoms with Crippen molar-refractivity contribution in [3.8, 4) is 11.5 Å². The van der Waals surface area contributed by atoms with Crippen LogP contribution in [0.25, 0.3) is 10.9 Å². The summed E-state index contributed by atoms with van der Waals surface area (Å²) in [4.78, 5) is 18.3. The third kappa shape index (κ3) is 4.30. The molecular formula is C20H29N3O3. The van der Waals surface area contributed by atoms with Crippen LogP contribution in [0, 0.1) is 0 Å². The molecule has 0 aliphatic carbocycles. The third-order valence-electron chi connectivity index (χ3n) is 4.98. The van der Waals surface area contributed by atoms with Gasteiger partial charge in [-0.3, -0.25) is 4.79 Å². The molecule has 0 unspecified atom stereocenters. The second-order valence-electron chi connectivity index (χ2n) is 7.06. The predicted molar refractivity (Wildman–Crippen MR) is 103 cm³/mol. The summed E-state index contributed by atoms with van der Waals surface area (Å²) in [6.45, 7) is 5.21. The van der Waals surface area contributed by atoms with E-state index in [1.54, 1.807) is 14.2 Å². The molecule has 142 valence electrons. The number of aromatic nitrogens is 1. The number of likely N-dealkylation sites (tertiary alicyclic amines) is 1. The van der Waals surface area contributed by atoms with Gasteiger partial charge in [0.2, 0.25) is 0 Å². The molecule has 1 aliphatic rings. The van der Waals surface area contributed by atoms with Gasteiger partial charge in [0.25, 0.3) is 5.91 Å². The lowest BCUT2D eigenvalue weighted by Gasteiger charge is -2.24. The standard InChI is InChI=1S/C20H29N3O3/c1-14(13-23-8-6-4-5-7-9-23)21-20(24)18-12-16-17(22-18)10-15(25-2)11-19(16)26-3/h10-12,14,22H,4-9,13H2,1-3H3,(H,21,24)/t14-/m1/s1. The van der Waals surface area contributed by atoms with Gasteiger partial charge in [0, 0.05) is 30.1 Å². The summed E-state index contributed by atoms with van der Waals surface area (Å²) in [5.74, 6) is 1.29. The van der Waals surface area contributed by atoms with Crippen LogP contribution in [0.1, 0.15) is 43.1 Å². The van der Waals surface area contributed by atoms with Gasteiger partial charge < -0.3 is 24.7 Å². The van der Waals surface area contributed by atoms with Crippen molar-refractivity contribution >= 4 is 16.8 Å². The summed E-state index contributed by atoms with van der Waals surface area (Å²) in [6, 6.07) is 5.62. The first-order valence-corrected chi connectivity index (χ1v) is 9.38. The molecule has 0 spiro atoms. The fourth-order valence-corrected chi connectivity index (χ4v) is 3.64. The van der Waals surface area contributed by atoms with Crippen molar-refractivity contribution in [2.45, 2.75) is 38.6 Å². The van der Waals surface area contributed by atoms with Gasteiger partial charge in [-0.25, -0.2) is 0 Å². The number of aromatic amines is 1. The Labute approximate surface area is 154 Å². The molecule has 26 heavy (non-hydrogen) atoms. The topological polar surface area (TPSA) is 66.6 Å². The molecule has 2 heterocycles. The number of nitrogens with zero attached hydrogens (tertiary/aromatic N) is 1. The first-order valence-electron chi connectivity index (χ1n) is 9.38. The maximum absolute atomic E-state index is 12.7. The minimum atomic E-state index is -0.0930. The molecule has 2 N–H and O–H groups in total. The third-order valence-corrected chi connectivity index (χ3v) is 4.98. The van der Waals surface area contributed by atoms with E-state index in [1.807, 2.05) is 18.2 Å². The van der Waals surface area contributed by atoms with Gasteiger partial charge in [0.05, 0.1) is 19.7 Å². The lowest BCUT2D eigenvalue weighted by Crippen LogP contribution is -2.42. The Bertz CT molecular complexity index is 748. The van der Waals surface area contributed by atoms with Crippen LogP contribution in [0.2, 0.25) is 0 Å². The highest BCUT2D eigenvalue weighted by molar-refractivity contribution is 6.00. The number of rotatable bonds is 6. The zero-order valence-corrected chi connectivity index (χ0v) is 15.9. The van der Waals surface area contributed by atoms with Crippen molar-refractivity contribution in [3.63, 3.8) is 0 Å². The summed E-state index contributed by atoms with van der Waals surface area (Å²) in [5, 5.41) is 3.98. The molecule has 1 saturated heterocycles. The van der Waals surface area contributed by atoms with Crippen molar-refractivity contribution in [1.82, 2.24) is 15.2 Å². The van der Waals surface area contributed by atoms with Gasteiger partial charge in [0.15, 0.2) is 0 Å². The average Bonchev–Trinajstić information content (AvgIpc) is 2.91. The maximum atomic E-state index is 12.7. The number of carbonyl (C=O) groups excluding carboxylic acids is 1. The van der Waals surface area contributed by atoms with Crippen molar-refractivity contribution in [2.75, 3.05) is 33.9 Å². The second kappa shape index (κ2) is 8.45. The smallest absolute Gasteiger partial charge is 0.267 e. The molecular weight excluding hydrogens is 330 g/mol. The van der Waals surface area contributed by atoms with Crippen molar-refractivity contribution < 1.29 is 14.3 Å². The molecule has 1 fully saturated rings. The number of hydrogen-bond acceptors (Lipinski definition) is 4. The summed E-state index contributed by atoms with van der Waals surface area (Å²) >= 11 is 0. The van der Waals surface area contributed by atoms with E-state index in [0.717, 1.165) is 30.5 Å². The maximum Gasteiger partial charge on any atom is 0.267 e. The average molecular weight is 359 g/mol. The second-order valence-corrected chi connectivity index (χ2v) is 7.06. The van der Waals surface area contributed by atoms with E-state index in [0.29, 0.717) is 17.2 Å². The molecule has 0 saturated carbocycles. The van der Waals surface area contributed by atoms with Crippen LogP contribution in [0.3, 0.4) is 0 Å². The molecule has 1 atom stereocenters. The van der Waals surface area contributed by atoms with E-state index in [-0.39, 0.29) is 11.9 Å². The van der Waals surface area contributed by atoms with E-state index in [4.69, 9.17) is 9.47 Å². The summed E-state index contributed by atoms with van der Waals surface area (Å²) < 4.78 is 10.7. The zero-order chi connectivity index (χ0) is 18.5. The van der Waals surface area contributed by atoms with Gasteiger partial charge >= 0.3 is 0 Å². The monoisotopic (exact) mass is 359 g/mol. The van der Waals surface area contributed by atoms with Crippen molar-refractivity contribution in [1.29, 1.82) is 0 Å². The Morgan fingerprint density at radius 2 is 1.88 bits per heavy atom. The molecule has 6 nitrogen and oxygen atoms in total. The van der Waals surface area contributed by atoms with Crippen LogP contribution in [0.5, 0.6) is 11.5 Å². The van der Waals surface area contributed by atoms with E-state index in [2.05, 4.69) is 22.1 Å². The number of methoxy groups -OCH3 is 2. The van der Waals surface area contributed by atoms with E-state index < -0.39 is 0 Å². The SMILES string of the molecule is COc1cc(OC)c2cc(C(=O)N[C@H](C)CN3CCCCCC3)[nH]c2c1. The Morgan fingerprint density at radius 3 is 2.54 bits per heavy atom. The Morgan fingerprint density at radius 1 is 1.15 bits per heavy atom. The summed E-state index contributed by atoms with van der Waals surface area (Å²) in [5.41, 5.74) is 1.36. The molecule has 1 amide bonds. The number of fused-ring (bicyclic) bond motifs is 1. The molecule has 3 rings (SSSR count). The van der Waals surface area contributed by atoms with Crippen LogP contribution in [0.4, 0.5) is 0 Å². The van der Waals surface area contributed by atoms with Crippen LogP contribution in [-0.2, 0) is 0 Å². The van der Waals surface area contributed by atoms with Gasteiger partial charge in [-0.1, -0.05) is 12.8 Å². The Kier molecular flexibility index (Phi) is 6.04. The van der Waals surface area contributed by atoms with Crippen LogP contribution in [-0.4, -0.2) is 55.7 Å². The molecule has 2 aromatic rings. The normalized spacial score (nSPS) is 16.9. The van der Waals surface area contributed by atoms with Crippen molar-refractivity contribution in [2.24, 2.45) is 0 Å². The fourth-order valence-electron chi connectivity index (χ4n) is 3.64. The van der Waals surface area contributed by atoms with Crippen LogP contribution in [0.15, 0.2) is 18.2 Å². The number of nitrogens with one attached hydrogen (secondary N) is 2. The lowest BCUT2D eigenvalue weighted by molar-refractivity contribution is 0.0925. The van der Waals surface area contributed by atoms with Gasteiger partial charge in [-0.2, -0.15) is 0 Å². The number of benzene rings is 1. The Hall–Kier alpha value is -2.21. The van der Waals surface area contributed by atoms with Crippen LogP contribution >= 0.6 is 0 Å². The number of hydrogen-bond donors (Lipinski definition) is 2. The largest absolute Gasteiger partial charge is 0.497 e. The molecule has 6 heteroatoms. The van der Waals surface area contributed by atoms with Crippen molar-refractivity contribution in [3.05, 3.63) is 23.9 Å². The van der Waals surface area contributed by atoms with Gasteiger partial charge in [-0.15, -0.1) is 0 Å². The number of amides is 1. The minimum absolute atomic E-state index is 0.0930. The fraction of sp³-hybridized carbons (Fsp3) is 0.550. The van der Waals surface area contributed by atoms with E-state index >= 15 is 0 Å². The summed E-state index contributed by atoms with van der Waals surface area (Å²) in [6.07, 6.45) is 5.14. The number of H-pyrrole nitrogens is 1. The molecule has 0 bridgehead atoms. The number of ether oxygens (including phenoxy) is 2. The van der Waals surface area contributed by atoms with Gasteiger partial charge in [-0.05, 0) is 38.9 Å². The quantitative estimate of drug-likeness (QED) is 0.831. The highest BCUT2D eigenvalue weighted by atomic mass is 16.5.